The predicted octanol–water partition coefficient (Wildman–Crippen LogP) is 2.34. The van der Waals surface area contributed by atoms with Gasteiger partial charge in [0.05, 0.1) is 13.1 Å². The van der Waals surface area contributed by atoms with E-state index in [9.17, 15) is 4.79 Å². The van der Waals surface area contributed by atoms with Crippen molar-refractivity contribution < 1.29 is 4.79 Å². The minimum absolute atomic E-state index is 0. The van der Waals surface area contributed by atoms with Crippen LogP contribution in [0.2, 0.25) is 0 Å². The largest absolute Gasteiger partial charge is 0.357 e. The second-order valence-corrected chi connectivity index (χ2v) is 7.40. The molecule has 0 saturated carbocycles. The summed E-state index contributed by atoms with van der Waals surface area (Å²) in [7, 11) is 4.12. The summed E-state index contributed by atoms with van der Waals surface area (Å²) in [6.07, 6.45) is 0. The Morgan fingerprint density at radius 1 is 1.08 bits per heavy atom. The van der Waals surface area contributed by atoms with Crippen molar-refractivity contribution in [2.75, 3.05) is 27.2 Å². The summed E-state index contributed by atoms with van der Waals surface area (Å²) >= 11 is 0. The third-order valence-electron chi connectivity index (χ3n) is 3.22. The van der Waals surface area contributed by atoms with E-state index in [1.54, 1.807) is 0 Å². The van der Waals surface area contributed by atoms with Crippen LogP contribution in [0.3, 0.4) is 0 Å². The van der Waals surface area contributed by atoms with Gasteiger partial charge in [-0.3, -0.25) is 4.79 Å². The third-order valence-corrected chi connectivity index (χ3v) is 3.22. The monoisotopic (exact) mass is 475 g/mol. The normalized spacial score (nSPS) is 11.7. The van der Waals surface area contributed by atoms with Gasteiger partial charge in [-0.25, -0.2) is 4.99 Å². The Hall–Kier alpha value is -1.35. The standard InChI is InChI=1S/C19H33N5O.HI/c1-7-20-18(22-13-17(25)23-19(2,3)4)21-12-15-8-10-16(11-9-15)14-24(5)6;/h8-11H,7,12-14H2,1-6H3,(H,23,25)(H2,20,21,22);1H. The minimum atomic E-state index is -0.234. The van der Waals surface area contributed by atoms with Crippen LogP contribution in [0.15, 0.2) is 29.3 Å². The Morgan fingerprint density at radius 2 is 1.65 bits per heavy atom. The van der Waals surface area contributed by atoms with Crippen molar-refractivity contribution in [1.82, 2.24) is 20.9 Å². The highest BCUT2D eigenvalue weighted by atomic mass is 127. The number of carbonyl (C=O) groups is 1. The topological polar surface area (TPSA) is 68.8 Å². The van der Waals surface area contributed by atoms with Gasteiger partial charge in [-0.2, -0.15) is 0 Å². The first-order valence-electron chi connectivity index (χ1n) is 8.75. The first-order valence-corrected chi connectivity index (χ1v) is 8.75. The Balaban J connectivity index is 0.00000625. The molecule has 0 bridgehead atoms. The maximum atomic E-state index is 11.9. The molecule has 3 N–H and O–H groups in total. The van der Waals surface area contributed by atoms with Crippen LogP contribution in [0, 0.1) is 0 Å². The van der Waals surface area contributed by atoms with Gasteiger partial charge >= 0.3 is 0 Å². The lowest BCUT2D eigenvalue weighted by molar-refractivity contribution is -0.121. The molecule has 0 atom stereocenters. The molecule has 148 valence electrons. The van der Waals surface area contributed by atoms with Crippen molar-refractivity contribution in [3.63, 3.8) is 0 Å². The average molecular weight is 475 g/mol. The van der Waals surface area contributed by atoms with Gasteiger partial charge in [0.1, 0.15) is 0 Å². The van der Waals surface area contributed by atoms with Gasteiger partial charge in [0.15, 0.2) is 5.96 Å². The number of halogens is 1. The van der Waals surface area contributed by atoms with Crippen molar-refractivity contribution in [3.05, 3.63) is 35.4 Å². The highest BCUT2D eigenvalue weighted by Crippen LogP contribution is 2.07. The molecular weight excluding hydrogens is 441 g/mol. The number of nitrogens with one attached hydrogen (secondary N) is 3. The number of hydrogen-bond acceptors (Lipinski definition) is 3. The Bertz CT molecular complexity index is 564. The highest BCUT2D eigenvalue weighted by molar-refractivity contribution is 14.0. The number of guanidine groups is 1. The van der Waals surface area contributed by atoms with Gasteiger partial charge in [0, 0.05) is 18.6 Å². The van der Waals surface area contributed by atoms with Crippen molar-refractivity contribution >= 4 is 35.8 Å². The minimum Gasteiger partial charge on any atom is -0.357 e. The molecule has 0 aromatic heterocycles. The average Bonchev–Trinajstić information content (AvgIpc) is 2.49. The van der Waals surface area contributed by atoms with Crippen LogP contribution >= 0.6 is 24.0 Å². The summed E-state index contributed by atoms with van der Waals surface area (Å²) in [6, 6.07) is 8.44. The SMILES string of the molecule is CCNC(=NCc1ccc(CN(C)C)cc1)NCC(=O)NC(C)(C)C.I. The third kappa shape index (κ3) is 11.3. The van der Waals surface area contributed by atoms with Crippen LogP contribution < -0.4 is 16.0 Å². The second kappa shape index (κ2) is 12.1. The first kappa shape index (κ1) is 24.7. The smallest absolute Gasteiger partial charge is 0.239 e. The number of aliphatic imine (C=N–C) groups is 1. The van der Waals surface area contributed by atoms with Gasteiger partial charge in [-0.05, 0) is 52.9 Å². The lowest BCUT2D eigenvalue weighted by atomic mass is 10.1. The van der Waals surface area contributed by atoms with Crippen LogP contribution in [-0.2, 0) is 17.9 Å². The number of carbonyl (C=O) groups excluding carboxylic acids is 1. The summed E-state index contributed by atoms with van der Waals surface area (Å²) in [6.45, 7) is 10.3. The van der Waals surface area contributed by atoms with E-state index in [4.69, 9.17) is 0 Å². The first-order chi connectivity index (χ1) is 11.7. The number of rotatable bonds is 7. The van der Waals surface area contributed by atoms with Gasteiger partial charge in [0.2, 0.25) is 5.91 Å². The van der Waals surface area contributed by atoms with Gasteiger partial charge < -0.3 is 20.9 Å². The maximum absolute atomic E-state index is 11.9. The number of hydrogen-bond donors (Lipinski definition) is 3. The van der Waals surface area contributed by atoms with Gasteiger partial charge in [0.25, 0.3) is 0 Å². The molecule has 6 nitrogen and oxygen atoms in total. The molecule has 0 radical (unpaired) electrons. The fourth-order valence-corrected chi connectivity index (χ4v) is 2.25. The van der Waals surface area contributed by atoms with Crippen molar-refractivity contribution in [1.29, 1.82) is 0 Å². The van der Waals surface area contributed by atoms with E-state index in [1.165, 1.54) is 5.56 Å². The van der Waals surface area contributed by atoms with E-state index in [1.807, 2.05) is 27.7 Å². The molecule has 0 heterocycles. The molecule has 0 aliphatic carbocycles. The molecule has 1 rings (SSSR count). The lowest BCUT2D eigenvalue weighted by Gasteiger charge is -2.21. The molecule has 1 amide bonds. The number of amides is 1. The fourth-order valence-electron chi connectivity index (χ4n) is 2.25. The molecule has 0 aliphatic heterocycles. The van der Waals surface area contributed by atoms with E-state index in [0.717, 1.165) is 18.7 Å². The van der Waals surface area contributed by atoms with E-state index >= 15 is 0 Å². The lowest BCUT2D eigenvalue weighted by Crippen LogP contribution is -2.48. The molecule has 0 spiro atoms. The van der Waals surface area contributed by atoms with Gasteiger partial charge in [-0.15, -0.1) is 24.0 Å². The molecule has 0 saturated heterocycles. The zero-order valence-corrected chi connectivity index (χ0v) is 19.2. The summed E-state index contributed by atoms with van der Waals surface area (Å²) < 4.78 is 0. The second-order valence-electron chi connectivity index (χ2n) is 7.40. The Kier molecular flexibility index (Phi) is 11.5. The van der Waals surface area contributed by atoms with Crippen molar-refractivity contribution in [2.45, 2.75) is 46.3 Å². The van der Waals surface area contributed by atoms with Crippen molar-refractivity contribution in [3.8, 4) is 0 Å². The van der Waals surface area contributed by atoms with E-state index < -0.39 is 0 Å². The maximum Gasteiger partial charge on any atom is 0.239 e. The molecule has 0 unspecified atom stereocenters. The Morgan fingerprint density at radius 3 is 2.15 bits per heavy atom. The predicted molar refractivity (Wildman–Crippen MR) is 120 cm³/mol. The summed E-state index contributed by atoms with van der Waals surface area (Å²) in [4.78, 5) is 18.6. The molecule has 1 aromatic carbocycles. The molecular formula is C19H34IN5O. The molecule has 0 aliphatic rings. The quantitative estimate of drug-likeness (QED) is 0.322. The molecule has 26 heavy (non-hydrogen) atoms. The zero-order valence-electron chi connectivity index (χ0n) is 16.8. The van der Waals surface area contributed by atoms with Crippen molar-refractivity contribution in [2.24, 2.45) is 4.99 Å². The molecule has 1 aromatic rings. The van der Waals surface area contributed by atoms with E-state index in [2.05, 4.69) is 64.2 Å². The van der Waals surface area contributed by atoms with Crippen LogP contribution in [0.4, 0.5) is 0 Å². The van der Waals surface area contributed by atoms with Crippen LogP contribution in [0.25, 0.3) is 0 Å². The Labute approximate surface area is 175 Å². The van der Waals surface area contributed by atoms with E-state index in [-0.39, 0.29) is 42.0 Å². The van der Waals surface area contributed by atoms with Crippen LogP contribution in [-0.4, -0.2) is 49.5 Å². The summed E-state index contributed by atoms with van der Waals surface area (Å²) in [5.41, 5.74) is 2.18. The summed E-state index contributed by atoms with van der Waals surface area (Å²) in [5, 5.41) is 9.16. The molecule has 7 heteroatoms. The highest BCUT2D eigenvalue weighted by Gasteiger charge is 2.13. The van der Waals surface area contributed by atoms with E-state index in [0.29, 0.717) is 12.5 Å². The summed E-state index contributed by atoms with van der Waals surface area (Å²) in [5.74, 6) is 0.593. The zero-order chi connectivity index (χ0) is 18.9. The van der Waals surface area contributed by atoms with Crippen LogP contribution in [0.1, 0.15) is 38.8 Å². The van der Waals surface area contributed by atoms with Crippen LogP contribution in [0.5, 0.6) is 0 Å². The number of benzene rings is 1. The fraction of sp³-hybridized carbons (Fsp3) is 0.579. The molecule has 0 fully saturated rings. The number of nitrogens with zero attached hydrogens (tertiary/aromatic N) is 2. The van der Waals surface area contributed by atoms with Gasteiger partial charge in [-0.1, -0.05) is 24.3 Å².